The molecule has 4 heteroatoms. The predicted molar refractivity (Wildman–Crippen MR) is 86.5 cm³/mol. The maximum atomic E-state index is 12.5. The summed E-state index contributed by atoms with van der Waals surface area (Å²) in [7, 11) is 3.28. The molecule has 0 bridgehead atoms. The molecule has 0 aliphatic carbocycles. The fourth-order valence-electron chi connectivity index (χ4n) is 2.22. The zero-order valence-electron chi connectivity index (χ0n) is 12.5. The Kier molecular flexibility index (Phi) is 5.53. The summed E-state index contributed by atoms with van der Waals surface area (Å²) in [6.07, 6.45) is 0. The van der Waals surface area contributed by atoms with Crippen molar-refractivity contribution in [2.24, 2.45) is 0 Å². The lowest BCUT2D eigenvalue weighted by Gasteiger charge is -2.22. The third kappa shape index (κ3) is 3.71. The molecule has 0 aliphatic rings. The van der Waals surface area contributed by atoms with Gasteiger partial charge in [0.1, 0.15) is 17.3 Å². The maximum Gasteiger partial charge on any atom is 0.165 e. The van der Waals surface area contributed by atoms with Crippen molar-refractivity contribution in [3.8, 4) is 11.5 Å². The van der Waals surface area contributed by atoms with E-state index in [9.17, 15) is 4.55 Å². The zero-order valence-corrected chi connectivity index (χ0v) is 13.4. The number of methoxy groups -OCH3 is 2. The zero-order chi connectivity index (χ0) is 15.2. The number of ether oxygens (including phenoxy) is 2. The van der Waals surface area contributed by atoms with Gasteiger partial charge in [0.2, 0.25) is 0 Å². The minimum Gasteiger partial charge on any atom is -0.616 e. The van der Waals surface area contributed by atoms with E-state index in [1.807, 2.05) is 55.5 Å². The van der Waals surface area contributed by atoms with E-state index in [4.69, 9.17) is 9.47 Å². The molecule has 21 heavy (non-hydrogen) atoms. The molecule has 2 aromatic carbocycles. The minimum atomic E-state index is -0.965. The molecular formula is C17H20O3S. The van der Waals surface area contributed by atoms with Gasteiger partial charge in [0, 0.05) is 11.1 Å². The second-order valence-corrected chi connectivity index (χ2v) is 6.41. The minimum absolute atomic E-state index is 0.133. The molecule has 0 heterocycles. The highest BCUT2D eigenvalue weighted by Crippen LogP contribution is 2.32. The van der Waals surface area contributed by atoms with Crippen molar-refractivity contribution >= 4 is 11.2 Å². The normalized spacial score (nSPS) is 12.2. The van der Waals surface area contributed by atoms with Crippen molar-refractivity contribution in [1.82, 2.24) is 0 Å². The van der Waals surface area contributed by atoms with Crippen LogP contribution in [0.2, 0.25) is 0 Å². The van der Waals surface area contributed by atoms with Crippen LogP contribution >= 0.6 is 0 Å². The Morgan fingerprint density at radius 2 is 1.24 bits per heavy atom. The summed E-state index contributed by atoms with van der Waals surface area (Å²) in [5.74, 6) is 2.21. The fraction of sp³-hybridized carbons (Fsp3) is 0.294. The van der Waals surface area contributed by atoms with Crippen LogP contribution < -0.4 is 9.47 Å². The Morgan fingerprint density at radius 1 is 0.857 bits per heavy atom. The summed E-state index contributed by atoms with van der Waals surface area (Å²) in [6.45, 7) is 1.94. The van der Waals surface area contributed by atoms with Gasteiger partial charge < -0.3 is 14.0 Å². The highest BCUT2D eigenvalue weighted by molar-refractivity contribution is 7.91. The van der Waals surface area contributed by atoms with Gasteiger partial charge in [0.05, 0.1) is 14.2 Å². The number of benzene rings is 2. The predicted octanol–water partition coefficient (Wildman–Crippen LogP) is 3.56. The van der Waals surface area contributed by atoms with Crippen molar-refractivity contribution in [2.45, 2.75) is 12.2 Å². The summed E-state index contributed by atoms with van der Waals surface area (Å²) in [4.78, 5) is 0. The van der Waals surface area contributed by atoms with Gasteiger partial charge in [0.25, 0.3) is 0 Å². The number of hydrogen-bond acceptors (Lipinski definition) is 3. The lowest BCUT2D eigenvalue weighted by atomic mass is 10.0. The first kappa shape index (κ1) is 15.7. The Bertz CT molecular complexity index is 504. The van der Waals surface area contributed by atoms with E-state index in [0.29, 0.717) is 5.75 Å². The van der Waals surface area contributed by atoms with E-state index in [0.717, 1.165) is 22.6 Å². The van der Waals surface area contributed by atoms with Gasteiger partial charge in [-0.3, -0.25) is 0 Å². The van der Waals surface area contributed by atoms with Crippen molar-refractivity contribution < 1.29 is 14.0 Å². The molecule has 0 saturated carbocycles. The fourth-order valence-corrected chi connectivity index (χ4v) is 3.47. The van der Waals surface area contributed by atoms with Gasteiger partial charge in [-0.15, -0.1) is 0 Å². The SMILES string of the molecule is CC[S+]([O-])C(c1ccc(OC)cc1)c1ccc(OC)cc1. The summed E-state index contributed by atoms with van der Waals surface area (Å²) < 4.78 is 22.8. The Balaban J connectivity index is 2.36. The molecule has 112 valence electrons. The van der Waals surface area contributed by atoms with Crippen LogP contribution in [0.15, 0.2) is 48.5 Å². The molecule has 2 rings (SSSR count). The molecule has 0 aliphatic heterocycles. The second kappa shape index (κ2) is 7.38. The molecule has 0 radical (unpaired) electrons. The lowest BCUT2D eigenvalue weighted by molar-refractivity contribution is 0.414. The van der Waals surface area contributed by atoms with Crippen molar-refractivity contribution in [3.05, 3.63) is 59.7 Å². The van der Waals surface area contributed by atoms with E-state index in [2.05, 4.69) is 0 Å². The highest BCUT2D eigenvalue weighted by Gasteiger charge is 2.25. The summed E-state index contributed by atoms with van der Waals surface area (Å²) in [6, 6.07) is 15.5. The molecule has 0 amide bonds. The molecular weight excluding hydrogens is 284 g/mol. The molecule has 0 fully saturated rings. The van der Waals surface area contributed by atoms with E-state index in [-0.39, 0.29) is 5.25 Å². The number of rotatable bonds is 6. The summed E-state index contributed by atoms with van der Waals surface area (Å²) >= 11 is -0.965. The summed E-state index contributed by atoms with van der Waals surface area (Å²) in [5, 5.41) is -0.133. The van der Waals surface area contributed by atoms with Gasteiger partial charge in [0.15, 0.2) is 5.25 Å². The van der Waals surface area contributed by atoms with E-state index in [1.165, 1.54) is 0 Å². The van der Waals surface area contributed by atoms with Crippen LogP contribution in [0.1, 0.15) is 23.3 Å². The first-order valence-electron chi connectivity index (χ1n) is 6.84. The van der Waals surface area contributed by atoms with Crippen LogP contribution in [-0.2, 0) is 11.2 Å². The average molecular weight is 304 g/mol. The molecule has 0 N–H and O–H groups in total. The van der Waals surface area contributed by atoms with Gasteiger partial charge in [-0.05, 0) is 66.6 Å². The first-order chi connectivity index (χ1) is 10.2. The highest BCUT2D eigenvalue weighted by atomic mass is 32.2. The van der Waals surface area contributed by atoms with Crippen LogP contribution in [0.5, 0.6) is 11.5 Å². The third-order valence-electron chi connectivity index (χ3n) is 3.38. The molecule has 0 aromatic heterocycles. The van der Waals surface area contributed by atoms with Crippen molar-refractivity contribution in [1.29, 1.82) is 0 Å². The maximum absolute atomic E-state index is 12.5. The van der Waals surface area contributed by atoms with Gasteiger partial charge in [-0.25, -0.2) is 0 Å². The quantitative estimate of drug-likeness (QED) is 0.766. The van der Waals surface area contributed by atoms with E-state index < -0.39 is 11.2 Å². The van der Waals surface area contributed by atoms with E-state index >= 15 is 0 Å². The second-order valence-electron chi connectivity index (χ2n) is 4.60. The number of hydrogen-bond donors (Lipinski definition) is 0. The lowest BCUT2D eigenvalue weighted by Crippen LogP contribution is -2.16. The topological polar surface area (TPSA) is 41.5 Å². The van der Waals surface area contributed by atoms with Crippen molar-refractivity contribution in [3.63, 3.8) is 0 Å². The monoisotopic (exact) mass is 304 g/mol. The molecule has 2 aromatic rings. The van der Waals surface area contributed by atoms with Crippen LogP contribution in [0.4, 0.5) is 0 Å². The smallest absolute Gasteiger partial charge is 0.165 e. The van der Waals surface area contributed by atoms with Gasteiger partial charge in [-0.2, -0.15) is 0 Å². The molecule has 1 atom stereocenters. The largest absolute Gasteiger partial charge is 0.616 e. The van der Waals surface area contributed by atoms with Crippen LogP contribution in [0, 0.1) is 0 Å². The van der Waals surface area contributed by atoms with Crippen LogP contribution in [-0.4, -0.2) is 24.5 Å². The van der Waals surface area contributed by atoms with Gasteiger partial charge in [-0.1, -0.05) is 0 Å². The van der Waals surface area contributed by atoms with Crippen LogP contribution in [0.3, 0.4) is 0 Å². The Labute approximate surface area is 129 Å². The molecule has 0 saturated heterocycles. The summed E-state index contributed by atoms with van der Waals surface area (Å²) in [5.41, 5.74) is 2.06. The first-order valence-corrected chi connectivity index (χ1v) is 8.23. The Morgan fingerprint density at radius 3 is 1.52 bits per heavy atom. The third-order valence-corrected chi connectivity index (χ3v) is 5.02. The molecule has 1 unspecified atom stereocenters. The molecule has 3 nitrogen and oxygen atoms in total. The standard InChI is InChI=1S/C17H20O3S/c1-4-21(18)17(13-5-9-15(19-2)10-6-13)14-7-11-16(20-3)12-8-14/h5-12,17H,4H2,1-3H3. The Hall–Kier alpha value is -1.65. The average Bonchev–Trinajstić information content (AvgIpc) is 2.56. The van der Waals surface area contributed by atoms with Crippen LogP contribution in [0.25, 0.3) is 0 Å². The van der Waals surface area contributed by atoms with Gasteiger partial charge >= 0.3 is 0 Å². The molecule has 0 spiro atoms. The van der Waals surface area contributed by atoms with E-state index in [1.54, 1.807) is 14.2 Å². The van der Waals surface area contributed by atoms with Crippen molar-refractivity contribution in [2.75, 3.05) is 20.0 Å².